The number of quaternary nitrogens is 1. The van der Waals surface area contributed by atoms with E-state index >= 15 is 0 Å². The standard InChI is InChI=1S/C21H25N5O3/c1-2-29-21(28)26-14-12-25(13-15-26)16-20(27)22-17-8-10-19(11-9-17)24-23-18-6-4-3-5-7-18/h3-11H,2,12-16H2,1H3,(H,22,27)/p+1. The van der Waals surface area contributed by atoms with Gasteiger partial charge in [-0.2, -0.15) is 10.2 Å². The number of azo groups is 1. The number of carbonyl (C=O) groups is 2. The van der Waals surface area contributed by atoms with Crippen LogP contribution < -0.4 is 10.2 Å². The fourth-order valence-electron chi connectivity index (χ4n) is 3.05. The van der Waals surface area contributed by atoms with Gasteiger partial charge in [-0.1, -0.05) is 18.2 Å². The maximum atomic E-state index is 12.3. The summed E-state index contributed by atoms with van der Waals surface area (Å²) < 4.78 is 5.01. The Kier molecular flexibility index (Phi) is 7.29. The van der Waals surface area contributed by atoms with Crippen molar-refractivity contribution in [3.63, 3.8) is 0 Å². The Labute approximate surface area is 170 Å². The van der Waals surface area contributed by atoms with E-state index in [2.05, 4.69) is 15.5 Å². The minimum atomic E-state index is -0.277. The van der Waals surface area contributed by atoms with Crippen LogP contribution in [0.3, 0.4) is 0 Å². The first-order valence-corrected chi connectivity index (χ1v) is 9.76. The van der Waals surface area contributed by atoms with Crippen molar-refractivity contribution in [2.24, 2.45) is 10.2 Å². The van der Waals surface area contributed by atoms with Crippen LogP contribution in [0.25, 0.3) is 0 Å². The minimum Gasteiger partial charge on any atom is -0.450 e. The molecule has 0 aliphatic carbocycles. The molecule has 0 atom stereocenters. The van der Waals surface area contributed by atoms with Gasteiger partial charge >= 0.3 is 6.09 Å². The number of nitrogens with one attached hydrogen (secondary N) is 2. The largest absolute Gasteiger partial charge is 0.450 e. The monoisotopic (exact) mass is 396 g/mol. The van der Waals surface area contributed by atoms with Crippen molar-refractivity contribution >= 4 is 29.1 Å². The van der Waals surface area contributed by atoms with Gasteiger partial charge in [0.15, 0.2) is 6.54 Å². The SMILES string of the molecule is CCOC(=O)N1CC[NH+](CC(=O)Nc2ccc(N=Nc3ccccc3)cc2)CC1. The summed E-state index contributed by atoms with van der Waals surface area (Å²) in [6.07, 6.45) is -0.277. The number of hydrogen-bond donors (Lipinski definition) is 2. The number of nitrogens with zero attached hydrogens (tertiary/aromatic N) is 3. The number of anilines is 1. The summed E-state index contributed by atoms with van der Waals surface area (Å²) in [5, 5.41) is 11.3. The molecule has 2 amide bonds. The van der Waals surface area contributed by atoms with Crippen LogP contribution in [0, 0.1) is 0 Å². The molecule has 0 radical (unpaired) electrons. The number of carbonyl (C=O) groups excluding carboxylic acids is 2. The molecule has 3 rings (SSSR count). The van der Waals surface area contributed by atoms with Gasteiger partial charge in [0, 0.05) is 5.69 Å². The molecule has 8 heteroatoms. The van der Waals surface area contributed by atoms with Gasteiger partial charge in [0.2, 0.25) is 0 Å². The zero-order valence-electron chi connectivity index (χ0n) is 16.5. The van der Waals surface area contributed by atoms with Crippen LogP contribution in [-0.4, -0.2) is 56.2 Å². The van der Waals surface area contributed by atoms with E-state index < -0.39 is 0 Å². The van der Waals surface area contributed by atoms with E-state index in [0.29, 0.717) is 31.9 Å². The zero-order valence-corrected chi connectivity index (χ0v) is 16.5. The fraction of sp³-hybridized carbons (Fsp3) is 0.333. The van der Waals surface area contributed by atoms with Crippen molar-refractivity contribution in [2.75, 3.05) is 44.6 Å². The van der Waals surface area contributed by atoms with Crippen LogP contribution in [0.5, 0.6) is 0 Å². The second kappa shape index (κ2) is 10.3. The van der Waals surface area contributed by atoms with Gasteiger partial charge in [0.1, 0.15) is 0 Å². The second-order valence-electron chi connectivity index (χ2n) is 6.74. The summed E-state index contributed by atoms with van der Waals surface area (Å²) in [4.78, 5) is 26.9. The van der Waals surface area contributed by atoms with Crippen LogP contribution in [-0.2, 0) is 9.53 Å². The van der Waals surface area contributed by atoms with Gasteiger partial charge in [0.25, 0.3) is 5.91 Å². The molecule has 1 heterocycles. The third-order valence-corrected chi connectivity index (χ3v) is 4.60. The number of ether oxygens (including phenoxy) is 1. The lowest BCUT2D eigenvalue weighted by atomic mass is 10.2. The molecule has 2 N–H and O–H groups in total. The molecule has 29 heavy (non-hydrogen) atoms. The molecule has 2 aromatic rings. The minimum absolute atomic E-state index is 0.0525. The Bertz CT molecular complexity index is 831. The normalized spacial score (nSPS) is 14.7. The van der Waals surface area contributed by atoms with E-state index in [1.807, 2.05) is 54.6 Å². The van der Waals surface area contributed by atoms with E-state index in [4.69, 9.17) is 4.74 Å². The van der Waals surface area contributed by atoms with Gasteiger partial charge in [-0.3, -0.25) is 9.69 Å². The Morgan fingerprint density at radius 1 is 1.00 bits per heavy atom. The van der Waals surface area contributed by atoms with Crippen molar-refractivity contribution in [2.45, 2.75) is 6.92 Å². The van der Waals surface area contributed by atoms with Crippen molar-refractivity contribution in [3.8, 4) is 0 Å². The van der Waals surface area contributed by atoms with E-state index in [-0.39, 0.29) is 12.0 Å². The van der Waals surface area contributed by atoms with Crippen LogP contribution >= 0.6 is 0 Å². The Balaban J connectivity index is 1.44. The number of benzene rings is 2. The van der Waals surface area contributed by atoms with Crippen molar-refractivity contribution < 1.29 is 19.2 Å². The molecule has 0 spiro atoms. The molecule has 8 nitrogen and oxygen atoms in total. The first kappa shape index (κ1) is 20.5. The van der Waals surface area contributed by atoms with Gasteiger partial charge < -0.3 is 15.0 Å². The molecule has 1 fully saturated rings. The smallest absolute Gasteiger partial charge is 0.410 e. The zero-order chi connectivity index (χ0) is 20.5. The lowest BCUT2D eigenvalue weighted by Gasteiger charge is -2.31. The van der Waals surface area contributed by atoms with Crippen molar-refractivity contribution in [3.05, 3.63) is 54.6 Å². The maximum absolute atomic E-state index is 12.3. The molecule has 0 saturated carbocycles. The Morgan fingerprint density at radius 3 is 2.24 bits per heavy atom. The Morgan fingerprint density at radius 2 is 1.62 bits per heavy atom. The molecule has 2 aromatic carbocycles. The summed E-state index contributed by atoms with van der Waals surface area (Å²) in [6, 6.07) is 16.8. The third kappa shape index (κ3) is 6.39. The highest BCUT2D eigenvalue weighted by molar-refractivity contribution is 5.91. The molecular weight excluding hydrogens is 370 g/mol. The summed E-state index contributed by atoms with van der Waals surface area (Å²) in [7, 11) is 0. The average Bonchev–Trinajstić information content (AvgIpc) is 2.74. The molecule has 152 valence electrons. The number of amides is 2. The summed E-state index contributed by atoms with van der Waals surface area (Å²) in [6.45, 7) is 5.19. The van der Waals surface area contributed by atoms with E-state index in [1.54, 1.807) is 11.8 Å². The number of hydrogen-bond acceptors (Lipinski definition) is 5. The number of piperazine rings is 1. The third-order valence-electron chi connectivity index (χ3n) is 4.60. The molecule has 0 unspecified atom stereocenters. The number of rotatable bonds is 6. The molecular formula is C21H26N5O3+. The fourth-order valence-corrected chi connectivity index (χ4v) is 3.05. The van der Waals surface area contributed by atoms with Gasteiger partial charge in [-0.05, 0) is 43.3 Å². The highest BCUT2D eigenvalue weighted by Gasteiger charge is 2.25. The summed E-state index contributed by atoms with van der Waals surface area (Å²) >= 11 is 0. The molecule has 0 bridgehead atoms. The second-order valence-corrected chi connectivity index (χ2v) is 6.74. The molecule has 0 aromatic heterocycles. The predicted octanol–water partition coefficient (Wildman–Crippen LogP) is 2.40. The summed E-state index contributed by atoms with van der Waals surface area (Å²) in [5.41, 5.74) is 2.22. The molecule has 1 saturated heterocycles. The summed E-state index contributed by atoms with van der Waals surface area (Å²) in [5.74, 6) is -0.0525. The first-order chi connectivity index (χ1) is 14.1. The highest BCUT2D eigenvalue weighted by atomic mass is 16.6. The lowest BCUT2D eigenvalue weighted by molar-refractivity contribution is -0.895. The van der Waals surface area contributed by atoms with Gasteiger partial charge in [-0.15, -0.1) is 0 Å². The van der Waals surface area contributed by atoms with Crippen LogP contribution in [0.2, 0.25) is 0 Å². The molecule has 1 aliphatic rings. The van der Waals surface area contributed by atoms with Crippen molar-refractivity contribution in [1.29, 1.82) is 0 Å². The average molecular weight is 396 g/mol. The molecule has 1 aliphatic heterocycles. The van der Waals surface area contributed by atoms with Gasteiger partial charge in [-0.25, -0.2) is 4.79 Å². The predicted molar refractivity (Wildman–Crippen MR) is 110 cm³/mol. The van der Waals surface area contributed by atoms with Crippen molar-refractivity contribution in [1.82, 2.24) is 4.90 Å². The Hall–Kier alpha value is -3.26. The highest BCUT2D eigenvalue weighted by Crippen LogP contribution is 2.19. The quantitative estimate of drug-likeness (QED) is 0.735. The first-order valence-electron chi connectivity index (χ1n) is 9.76. The van der Waals surface area contributed by atoms with Crippen LogP contribution in [0.1, 0.15) is 6.92 Å². The van der Waals surface area contributed by atoms with Crippen LogP contribution in [0.15, 0.2) is 64.8 Å². The van der Waals surface area contributed by atoms with Gasteiger partial charge in [0.05, 0.1) is 44.2 Å². The maximum Gasteiger partial charge on any atom is 0.410 e. The van der Waals surface area contributed by atoms with E-state index in [9.17, 15) is 9.59 Å². The van der Waals surface area contributed by atoms with E-state index in [0.717, 1.165) is 29.4 Å². The lowest BCUT2D eigenvalue weighted by Crippen LogP contribution is -3.15. The van der Waals surface area contributed by atoms with Crippen LogP contribution in [0.4, 0.5) is 21.9 Å². The topological polar surface area (TPSA) is 87.8 Å². The van der Waals surface area contributed by atoms with E-state index in [1.165, 1.54) is 0 Å².